The van der Waals surface area contributed by atoms with E-state index in [1.54, 1.807) is 0 Å². The van der Waals surface area contributed by atoms with Crippen LogP contribution in [0.5, 0.6) is 0 Å². The van der Waals surface area contributed by atoms with Crippen molar-refractivity contribution < 1.29 is 13.7 Å². The van der Waals surface area contributed by atoms with E-state index < -0.39 is 0 Å². The molecule has 0 bridgehead atoms. The fourth-order valence-electron chi connectivity index (χ4n) is 0.992. The molecule has 7 heteroatoms. The summed E-state index contributed by atoms with van der Waals surface area (Å²) >= 11 is -0.115. The van der Waals surface area contributed by atoms with Gasteiger partial charge < -0.3 is 0 Å². The zero-order valence-electron chi connectivity index (χ0n) is 9.77. The van der Waals surface area contributed by atoms with Gasteiger partial charge >= 0.3 is 102 Å². The van der Waals surface area contributed by atoms with E-state index in [1.165, 1.54) is 0 Å². The predicted molar refractivity (Wildman–Crippen MR) is 64.8 cm³/mol. The van der Waals surface area contributed by atoms with Gasteiger partial charge in [0.2, 0.25) is 0 Å². The minimum atomic E-state index is -0.234. The third kappa shape index (κ3) is 10.8. The first kappa shape index (κ1) is 16.3. The van der Waals surface area contributed by atoms with Crippen LogP contribution >= 0.6 is 0 Å². The Balaban J connectivity index is 3.85. The van der Waals surface area contributed by atoms with Crippen LogP contribution in [0.3, 0.4) is 0 Å². The van der Waals surface area contributed by atoms with Crippen molar-refractivity contribution in [3.05, 3.63) is 0 Å². The number of hydrogen-bond donors (Lipinski definition) is 6. The molecular weight excluding hydrogens is 251 g/mol. The van der Waals surface area contributed by atoms with E-state index in [2.05, 4.69) is 0 Å². The zero-order chi connectivity index (χ0) is 12.6. The van der Waals surface area contributed by atoms with Crippen molar-refractivity contribution in [2.24, 2.45) is 34.4 Å². The van der Waals surface area contributed by atoms with Crippen LogP contribution in [0.1, 0.15) is 19.3 Å². The Bertz CT molecular complexity index is 136. The maximum absolute atomic E-state index is 5.54. The summed E-state index contributed by atoms with van der Waals surface area (Å²) in [6.45, 7) is 0. The molecule has 0 aliphatic rings. The van der Waals surface area contributed by atoms with Gasteiger partial charge in [-0.25, -0.2) is 0 Å². The molecule has 0 saturated heterocycles. The van der Waals surface area contributed by atoms with Gasteiger partial charge in [-0.05, 0) is 0 Å². The van der Waals surface area contributed by atoms with Crippen LogP contribution in [-0.4, -0.2) is 18.5 Å². The van der Waals surface area contributed by atoms with Crippen LogP contribution in [0.2, 0.25) is 16.1 Å². The first-order chi connectivity index (χ1) is 7.41. The molecule has 0 heterocycles. The average Bonchev–Trinajstić information content (AvgIpc) is 2.15. The predicted octanol–water partition coefficient (Wildman–Crippen LogP) is -1.24. The second kappa shape index (κ2) is 9.31. The molecule has 0 radical (unpaired) electrons. The monoisotopic (exact) mass is 278 g/mol. The van der Waals surface area contributed by atoms with E-state index >= 15 is 0 Å². The normalized spacial score (nSPS) is 12.9. The van der Waals surface area contributed by atoms with Crippen LogP contribution < -0.4 is 34.4 Å². The SMILES string of the molecule is NC(N)C[CH2][Co]([CH2]CC(N)N)[CH2]CC(N)N. The molecule has 102 valence electrons. The average molecular weight is 278 g/mol. The molecule has 0 atom stereocenters. The van der Waals surface area contributed by atoms with Crippen molar-refractivity contribution in [3.8, 4) is 0 Å². The molecule has 12 N–H and O–H groups in total. The summed E-state index contributed by atoms with van der Waals surface area (Å²) in [5.74, 6) is 0. The van der Waals surface area contributed by atoms with Gasteiger partial charge in [0.1, 0.15) is 0 Å². The summed E-state index contributed by atoms with van der Waals surface area (Å²) < 4.78 is 0. The van der Waals surface area contributed by atoms with Crippen molar-refractivity contribution in [1.82, 2.24) is 0 Å². The Labute approximate surface area is 102 Å². The Morgan fingerprint density at radius 2 is 0.812 bits per heavy atom. The number of rotatable bonds is 9. The van der Waals surface area contributed by atoms with Gasteiger partial charge in [0.25, 0.3) is 0 Å². The maximum atomic E-state index is 5.54. The Morgan fingerprint density at radius 1 is 0.562 bits per heavy atom. The topological polar surface area (TPSA) is 156 Å². The Hall–Kier alpha value is 0.266. The molecule has 0 spiro atoms. The number of hydrogen-bond acceptors (Lipinski definition) is 6. The molecule has 0 aromatic rings. The molecule has 0 aromatic heterocycles. The van der Waals surface area contributed by atoms with Crippen LogP contribution in [0.15, 0.2) is 0 Å². The minimum absolute atomic E-state index is 0.115. The fraction of sp³-hybridized carbons (Fsp3) is 1.00. The molecular formula is C9H27CoN6. The van der Waals surface area contributed by atoms with E-state index in [-0.39, 0.29) is 32.2 Å². The first-order valence-corrected chi connectivity index (χ1v) is 7.64. The van der Waals surface area contributed by atoms with Crippen LogP contribution in [0.4, 0.5) is 0 Å². The van der Waals surface area contributed by atoms with Gasteiger partial charge in [-0.1, -0.05) is 0 Å². The van der Waals surface area contributed by atoms with Gasteiger partial charge in [0, 0.05) is 0 Å². The Morgan fingerprint density at radius 3 is 1.00 bits per heavy atom. The third-order valence-electron chi connectivity index (χ3n) is 2.00. The van der Waals surface area contributed by atoms with Crippen molar-refractivity contribution in [3.63, 3.8) is 0 Å². The van der Waals surface area contributed by atoms with Crippen LogP contribution in [0.25, 0.3) is 0 Å². The van der Waals surface area contributed by atoms with E-state index in [0.717, 1.165) is 35.3 Å². The van der Waals surface area contributed by atoms with E-state index in [4.69, 9.17) is 34.4 Å². The number of nitrogens with two attached hydrogens (primary N) is 6. The van der Waals surface area contributed by atoms with Gasteiger partial charge in [-0.15, -0.1) is 0 Å². The zero-order valence-corrected chi connectivity index (χ0v) is 10.8. The molecule has 16 heavy (non-hydrogen) atoms. The second-order valence-electron chi connectivity index (χ2n) is 3.86. The van der Waals surface area contributed by atoms with Crippen molar-refractivity contribution in [1.29, 1.82) is 0 Å². The second-order valence-corrected chi connectivity index (χ2v) is 6.98. The molecule has 0 rings (SSSR count). The quantitative estimate of drug-likeness (QED) is 0.290. The molecule has 0 fully saturated rings. The summed E-state index contributed by atoms with van der Waals surface area (Å²) in [6.07, 6.45) is 1.81. The van der Waals surface area contributed by atoms with Gasteiger partial charge in [0.15, 0.2) is 0 Å². The fourth-order valence-corrected chi connectivity index (χ4v) is 4.09. The van der Waals surface area contributed by atoms with Crippen molar-refractivity contribution in [2.45, 2.75) is 53.8 Å². The van der Waals surface area contributed by atoms with E-state index in [9.17, 15) is 0 Å². The summed E-state index contributed by atoms with van der Waals surface area (Å²) in [6, 6.07) is 0. The molecule has 0 aliphatic carbocycles. The van der Waals surface area contributed by atoms with E-state index in [0.29, 0.717) is 0 Å². The summed E-state index contributed by atoms with van der Waals surface area (Å²) in [5, 5.41) is 3.14. The molecule has 0 amide bonds. The van der Waals surface area contributed by atoms with Crippen molar-refractivity contribution in [2.75, 3.05) is 0 Å². The van der Waals surface area contributed by atoms with Gasteiger partial charge in [0.05, 0.1) is 0 Å². The molecule has 6 nitrogen and oxygen atoms in total. The summed E-state index contributed by atoms with van der Waals surface area (Å²) in [4.78, 5) is 0. The summed E-state index contributed by atoms with van der Waals surface area (Å²) in [5.41, 5.74) is 33.2. The molecule has 0 saturated carbocycles. The van der Waals surface area contributed by atoms with Gasteiger partial charge in [-0.3, -0.25) is 0 Å². The summed E-state index contributed by atoms with van der Waals surface area (Å²) in [7, 11) is 0. The van der Waals surface area contributed by atoms with Crippen LogP contribution in [0, 0.1) is 0 Å². The van der Waals surface area contributed by atoms with Crippen LogP contribution in [-0.2, 0) is 13.7 Å². The molecule has 0 unspecified atom stereocenters. The Kier molecular flexibility index (Phi) is 9.47. The molecule has 0 aromatic carbocycles. The van der Waals surface area contributed by atoms with Gasteiger partial charge in [-0.2, -0.15) is 0 Å². The first-order valence-electron chi connectivity index (χ1n) is 5.43. The van der Waals surface area contributed by atoms with E-state index in [1.807, 2.05) is 0 Å². The third-order valence-corrected chi connectivity index (χ3v) is 5.11. The van der Waals surface area contributed by atoms with Crippen molar-refractivity contribution >= 4 is 0 Å². The molecule has 0 aliphatic heterocycles. The standard InChI is InChI=1S/3C3H9N2.Co/c3*1-2-3(4)5;/h3*3H,1-2,4-5H2;.